The van der Waals surface area contributed by atoms with Crippen LogP contribution in [0, 0.1) is 0 Å². The Morgan fingerprint density at radius 3 is 2.67 bits per heavy atom. The number of ether oxygens (including phenoxy) is 1. The molecule has 0 fully saturated rings. The lowest BCUT2D eigenvalue weighted by atomic mass is 10.1. The van der Waals surface area contributed by atoms with Crippen molar-refractivity contribution in [3.8, 4) is 10.6 Å². The smallest absolute Gasteiger partial charge is 0.414 e. The molecule has 0 aliphatic carbocycles. The summed E-state index contributed by atoms with van der Waals surface area (Å²) < 4.78 is 5.19. The van der Waals surface area contributed by atoms with Gasteiger partial charge in [0.15, 0.2) is 0 Å². The average molecular weight is 305 g/mol. The van der Waals surface area contributed by atoms with E-state index in [0.717, 1.165) is 17.0 Å². The van der Waals surface area contributed by atoms with Crippen molar-refractivity contribution in [1.29, 1.82) is 0 Å². The molecule has 112 valence electrons. The topological polar surface area (TPSA) is 64.1 Å². The summed E-state index contributed by atoms with van der Waals surface area (Å²) in [6, 6.07) is 8.05. The fraction of sp³-hybridized carbons (Fsp3) is 0.400. The lowest BCUT2D eigenvalue weighted by Crippen LogP contribution is -2.27. The predicted octanol–water partition coefficient (Wildman–Crippen LogP) is 4.11. The normalized spacial score (nSPS) is 11.2. The fourth-order valence-corrected chi connectivity index (χ4v) is 2.60. The van der Waals surface area contributed by atoms with Gasteiger partial charge in [-0.2, -0.15) is 0 Å². The largest absolute Gasteiger partial charge is 0.444 e. The average Bonchev–Trinajstić information content (AvgIpc) is 2.84. The molecule has 0 aliphatic rings. The number of carbonyl (C=O) groups excluding carboxylic acids is 1. The molecule has 2 aromatic rings. The van der Waals surface area contributed by atoms with Crippen LogP contribution in [-0.4, -0.2) is 21.9 Å². The highest BCUT2D eigenvalue weighted by atomic mass is 32.1. The Bertz CT molecular complexity index is 632. The number of aryl methyl sites for hydroxylation is 1. The first kappa shape index (κ1) is 15.4. The fourth-order valence-electron chi connectivity index (χ4n) is 1.81. The number of nitrogens with zero attached hydrogens (tertiary/aromatic N) is 2. The molecule has 0 bridgehead atoms. The van der Waals surface area contributed by atoms with Gasteiger partial charge in [0.2, 0.25) is 5.13 Å². The minimum atomic E-state index is -0.535. The molecule has 0 atom stereocenters. The number of hydrogen-bond donors (Lipinski definition) is 1. The number of benzene rings is 1. The summed E-state index contributed by atoms with van der Waals surface area (Å²) in [5.41, 5.74) is 1.72. The van der Waals surface area contributed by atoms with E-state index in [1.165, 1.54) is 16.9 Å². The summed E-state index contributed by atoms with van der Waals surface area (Å²) in [6.07, 6.45) is 0.402. The lowest BCUT2D eigenvalue weighted by molar-refractivity contribution is 0.0636. The molecular weight excluding hydrogens is 286 g/mol. The Hall–Kier alpha value is -1.95. The van der Waals surface area contributed by atoms with E-state index in [4.69, 9.17) is 4.74 Å². The molecule has 1 amide bonds. The minimum absolute atomic E-state index is 0.435. The Kier molecular flexibility index (Phi) is 4.57. The van der Waals surface area contributed by atoms with E-state index in [1.807, 2.05) is 39.0 Å². The molecule has 2 rings (SSSR count). The Labute approximate surface area is 128 Å². The minimum Gasteiger partial charge on any atom is -0.444 e. The molecule has 21 heavy (non-hydrogen) atoms. The molecule has 1 N–H and O–H groups in total. The van der Waals surface area contributed by atoms with E-state index in [1.54, 1.807) is 0 Å². The maximum absolute atomic E-state index is 11.7. The van der Waals surface area contributed by atoms with Crippen LogP contribution in [0.4, 0.5) is 9.93 Å². The van der Waals surface area contributed by atoms with Crippen LogP contribution in [0.5, 0.6) is 0 Å². The van der Waals surface area contributed by atoms with E-state index in [2.05, 4.69) is 28.5 Å². The quantitative estimate of drug-likeness (QED) is 0.926. The summed E-state index contributed by atoms with van der Waals surface area (Å²) in [7, 11) is 0. The van der Waals surface area contributed by atoms with Gasteiger partial charge in [-0.1, -0.05) is 42.5 Å². The van der Waals surface area contributed by atoms with Crippen LogP contribution in [0.2, 0.25) is 0 Å². The second-order valence-electron chi connectivity index (χ2n) is 5.55. The van der Waals surface area contributed by atoms with Crippen molar-refractivity contribution in [2.45, 2.75) is 39.7 Å². The second-order valence-corrected chi connectivity index (χ2v) is 6.53. The van der Waals surface area contributed by atoms with E-state index in [9.17, 15) is 4.79 Å². The number of nitrogens with one attached hydrogen (secondary N) is 1. The zero-order chi connectivity index (χ0) is 15.5. The van der Waals surface area contributed by atoms with Crippen molar-refractivity contribution in [2.75, 3.05) is 5.32 Å². The number of hydrogen-bond acceptors (Lipinski definition) is 5. The van der Waals surface area contributed by atoms with E-state index in [0.29, 0.717) is 5.13 Å². The molecular formula is C15H19N3O2S. The SMILES string of the molecule is CCc1ccccc1-c1nnc(NC(=O)OC(C)(C)C)s1. The van der Waals surface area contributed by atoms with Crippen molar-refractivity contribution in [2.24, 2.45) is 0 Å². The lowest BCUT2D eigenvalue weighted by Gasteiger charge is -2.18. The number of anilines is 1. The Morgan fingerprint density at radius 1 is 1.29 bits per heavy atom. The highest BCUT2D eigenvalue weighted by Gasteiger charge is 2.18. The number of aromatic nitrogens is 2. The van der Waals surface area contributed by atoms with E-state index >= 15 is 0 Å². The first-order chi connectivity index (χ1) is 9.89. The van der Waals surface area contributed by atoms with Gasteiger partial charge in [0, 0.05) is 5.56 Å². The van der Waals surface area contributed by atoms with Gasteiger partial charge in [0.1, 0.15) is 10.6 Å². The molecule has 0 spiro atoms. The number of rotatable bonds is 3. The molecule has 1 aromatic carbocycles. The van der Waals surface area contributed by atoms with Gasteiger partial charge in [0.05, 0.1) is 0 Å². The van der Waals surface area contributed by atoms with Crippen molar-refractivity contribution in [1.82, 2.24) is 10.2 Å². The van der Waals surface area contributed by atoms with Gasteiger partial charge in [0.25, 0.3) is 0 Å². The van der Waals surface area contributed by atoms with Crippen LogP contribution in [0.1, 0.15) is 33.3 Å². The molecule has 5 nitrogen and oxygen atoms in total. The molecule has 1 heterocycles. The third kappa shape index (κ3) is 4.26. The van der Waals surface area contributed by atoms with E-state index < -0.39 is 11.7 Å². The van der Waals surface area contributed by atoms with Crippen molar-refractivity contribution in [3.63, 3.8) is 0 Å². The first-order valence-electron chi connectivity index (χ1n) is 6.81. The van der Waals surface area contributed by atoms with Gasteiger partial charge in [-0.25, -0.2) is 4.79 Å². The van der Waals surface area contributed by atoms with Crippen LogP contribution >= 0.6 is 11.3 Å². The van der Waals surface area contributed by atoms with Crippen LogP contribution in [0.15, 0.2) is 24.3 Å². The Morgan fingerprint density at radius 2 is 2.00 bits per heavy atom. The van der Waals surface area contributed by atoms with Crippen molar-refractivity contribution >= 4 is 22.6 Å². The molecule has 1 aromatic heterocycles. The third-order valence-electron chi connectivity index (χ3n) is 2.66. The summed E-state index contributed by atoms with van der Waals surface area (Å²) >= 11 is 1.34. The van der Waals surface area contributed by atoms with Gasteiger partial charge >= 0.3 is 6.09 Å². The zero-order valence-corrected chi connectivity index (χ0v) is 13.5. The monoisotopic (exact) mass is 305 g/mol. The van der Waals surface area contributed by atoms with Crippen molar-refractivity contribution in [3.05, 3.63) is 29.8 Å². The van der Waals surface area contributed by atoms with Crippen LogP contribution < -0.4 is 5.32 Å². The molecule has 0 unspecified atom stereocenters. The summed E-state index contributed by atoms with van der Waals surface area (Å²) in [5.74, 6) is 0. The van der Waals surface area contributed by atoms with E-state index in [-0.39, 0.29) is 0 Å². The van der Waals surface area contributed by atoms with Gasteiger partial charge < -0.3 is 4.74 Å². The second kappa shape index (κ2) is 6.22. The molecule has 0 saturated carbocycles. The third-order valence-corrected chi connectivity index (χ3v) is 3.53. The summed E-state index contributed by atoms with van der Waals surface area (Å²) in [5, 5.41) is 12.0. The summed E-state index contributed by atoms with van der Waals surface area (Å²) in [4.78, 5) is 11.7. The maximum atomic E-state index is 11.7. The first-order valence-corrected chi connectivity index (χ1v) is 7.62. The Balaban J connectivity index is 2.13. The standard InChI is InChI=1S/C15H19N3O2S/c1-5-10-8-6-7-9-11(10)12-17-18-13(21-12)16-14(19)20-15(2,3)4/h6-9H,5H2,1-4H3,(H,16,18,19). The van der Waals surface area contributed by atoms with Crippen LogP contribution in [0.25, 0.3) is 10.6 Å². The highest BCUT2D eigenvalue weighted by molar-refractivity contribution is 7.18. The van der Waals surface area contributed by atoms with Gasteiger partial charge in [-0.15, -0.1) is 10.2 Å². The zero-order valence-electron chi connectivity index (χ0n) is 12.6. The molecule has 0 aliphatic heterocycles. The summed E-state index contributed by atoms with van der Waals surface area (Å²) in [6.45, 7) is 7.54. The molecule has 6 heteroatoms. The molecule has 0 radical (unpaired) electrons. The van der Waals surface area contributed by atoms with Crippen LogP contribution in [-0.2, 0) is 11.2 Å². The maximum Gasteiger partial charge on any atom is 0.414 e. The van der Waals surface area contributed by atoms with Crippen molar-refractivity contribution < 1.29 is 9.53 Å². The molecule has 0 saturated heterocycles. The predicted molar refractivity (Wildman–Crippen MR) is 84.6 cm³/mol. The number of amides is 1. The number of carbonyl (C=O) groups is 1. The van der Waals surface area contributed by atoms with Gasteiger partial charge in [-0.3, -0.25) is 5.32 Å². The van der Waals surface area contributed by atoms with Gasteiger partial charge in [-0.05, 0) is 32.8 Å². The highest BCUT2D eigenvalue weighted by Crippen LogP contribution is 2.29. The van der Waals surface area contributed by atoms with Crippen LogP contribution in [0.3, 0.4) is 0 Å².